The van der Waals surface area contributed by atoms with Crippen LogP contribution in [0.25, 0.3) is 11.0 Å². The van der Waals surface area contributed by atoms with Crippen molar-refractivity contribution in [3.05, 3.63) is 52.2 Å². The molecule has 1 fully saturated rings. The van der Waals surface area contributed by atoms with E-state index in [1.165, 1.54) is 6.20 Å². The van der Waals surface area contributed by atoms with Crippen LogP contribution in [-0.4, -0.2) is 36.9 Å². The van der Waals surface area contributed by atoms with Crippen LogP contribution in [0.15, 0.2) is 35.5 Å². The lowest BCUT2D eigenvalue weighted by molar-refractivity contribution is 0.0942. The third-order valence-corrected chi connectivity index (χ3v) is 6.24. The second-order valence-corrected chi connectivity index (χ2v) is 8.49. The Morgan fingerprint density at radius 1 is 1.29 bits per heavy atom. The van der Waals surface area contributed by atoms with Crippen molar-refractivity contribution < 1.29 is 9.90 Å². The van der Waals surface area contributed by atoms with Gasteiger partial charge in [0, 0.05) is 24.3 Å². The first-order valence-electron chi connectivity index (χ1n) is 11.0. The van der Waals surface area contributed by atoms with E-state index in [4.69, 9.17) is 0 Å². The zero-order chi connectivity index (χ0) is 22.0. The number of aryl methyl sites for hydroxylation is 1. The van der Waals surface area contributed by atoms with Crippen LogP contribution in [0.5, 0.6) is 5.75 Å². The normalized spacial score (nSPS) is 15.4. The van der Waals surface area contributed by atoms with Gasteiger partial charge in [0.05, 0.1) is 18.3 Å². The van der Waals surface area contributed by atoms with Gasteiger partial charge < -0.3 is 15.0 Å². The number of unbranched alkanes of at least 4 members (excludes halogenated alkanes) is 1. The summed E-state index contributed by atoms with van der Waals surface area (Å²) in [6.45, 7) is 5.01. The van der Waals surface area contributed by atoms with Crippen molar-refractivity contribution in [2.75, 3.05) is 6.54 Å². The topological polar surface area (TPSA) is 102 Å². The smallest absolute Gasteiger partial charge is 0.275 e. The van der Waals surface area contributed by atoms with Crippen LogP contribution in [0, 0.1) is 6.92 Å². The van der Waals surface area contributed by atoms with Crippen molar-refractivity contribution in [2.45, 2.75) is 64.5 Å². The molecule has 2 N–H and O–H groups in total. The number of carbonyl (C=O) groups excluding carboxylic acids is 1. The van der Waals surface area contributed by atoms with Gasteiger partial charge in [0.2, 0.25) is 0 Å². The Morgan fingerprint density at radius 2 is 2.06 bits per heavy atom. The number of rotatable bonds is 7. The highest BCUT2D eigenvalue weighted by molar-refractivity contribution is 5.92. The number of hydrogen-bond acceptors (Lipinski definition) is 5. The quantitative estimate of drug-likeness (QED) is 0.569. The Hall–Kier alpha value is -3.16. The molecule has 1 amide bonds. The fraction of sp³-hybridized carbons (Fsp3) is 0.478. The number of fused-ring (bicyclic) bond motifs is 1. The van der Waals surface area contributed by atoms with Gasteiger partial charge >= 0.3 is 0 Å². The van der Waals surface area contributed by atoms with Crippen LogP contribution in [0.4, 0.5) is 0 Å². The predicted octanol–water partition coefficient (Wildman–Crippen LogP) is 3.11. The van der Waals surface area contributed by atoms with E-state index in [0.29, 0.717) is 13.1 Å². The van der Waals surface area contributed by atoms with Crippen LogP contribution in [0.1, 0.15) is 61.5 Å². The summed E-state index contributed by atoms with van der Waals surface area (Å²) in [5, 5.41) is 18.4. The summed E-state index contributed by atoms with van der Waals surface area (Å²) in [5.41, 5.74) is 0.780. The van der Waals surface area contributed by atoms with Gasteiger partial charge in [-0.2, -0.15) is 5.10 Å². The van der Waals surface area contributed by atoms with E-state index in [9.17, 15) is 14.7 Å². The van der Waals surface area contributed by atoms with E-state index < -0.39 is 17.1 Å². The average Bonchev–Trinajstić information content (AvgIpc) is 3.36. The van der Waals surface area contributed by atoms with Gasteiger partial charge in [-0.25, -0.2) is 4.98 Å². The molecule has 8 nitrogen and oxygen atoms in total. The zero-order valence-corrected chi connectivity index (χ0v) is 18.1. The van der Waals surface area contributed by atoms with Gasteiger partial charge in [-0.15, -0.1) is 0 Å². The fourth-order valence-electron chi connectivity index (χ4n) is 4.61. The van der Waals surface area contributed by atoms with Crippen molar-refractivity contribution in [3.8, 4) is 5.75 Å². The molecule has 0 atom stereocenters. The number of carbonyl (C=O) groups is 1. The molecule has 8 heteroatoms. The lowest BCUT2D eigenvalue weighted by Crippen LogP contribution is -2.38. The molecule has 0 radical (unpaired) electrons. The van der Waals surface area contributed by atoms with Crippen molar-refractivity contribution in [2.24, 2.45) is 0 Å². The lowest BCUT2D eigenvalue weighted by Gasteiger charge is -2.32. The maximum absolute atomic E-state index is 12.5. The first kappa shape index (κ1) is 21.1. The Morgan fingerprint density at radius 3 is 2.81 bits per heavy atom. The molecule has 0 unspecified atom stereocenters. The van der Waals surface area contributed by atoms with Crippen LogP contribution < -0.4 is 10.7 Å². The molecule has 1 saturated carbocycles. The second-order valence-electron chi connectivity index (χ2n) is 8.49. The lowest BCUT2D eigenvalue weighted by atomic mass is 9.97. The summed E-state index contributed by atoms with van der Waals surface area (Å²) >= 11 is 0. The summed E-state index contributed by atoms with van der Waals surface area (Å²) in [7, 11) is 0. The first-order chi connectivity index (χ1) is 14.9. The van der Waals surface area contributed by atoms with E-state index >= 15 is 0 Å². The fourth-order valence-corrected chi connectivity index (χ4v) is 4.61. The Balaban J connectivity index is 1.72. The SMILES string of the molecule is CCCCNC(=O)c1nn(CC2(n3cc(C)c4cccnc43)CCCC2)cc(O)c1=O. The highest BCUT2D eigenvalue weighted by Crippen LogP contribution is 2.40. The minimum absolute atomic E-state index is 0.268. The molecule has 1 aliphatic rings. The molecule has 0 aromatic carbocycles. The highest BCUT2D eigenvalue weighted by Gasteiger charge is 2.38. The molecule has 0 spiro atoms. The van der Waals surface area contributed by atoms with Crippen LogP contribution in [-0.2, 0) is 12.1 Å². The maximum atomic E-state index is 12.5. The van der Waals surface area contributed by atoms with Crippen molar-refractivity contribution in [3.63, 3.8) is 0 Å². The molecule has 164 valence electrons. The molecule has 3 aromatic rings. The van der Waals surface area contributed by atoms with Crippen molar-refractivity contribution >= 4 is 16.9 Å². The van der Waals surface area contributed by atoms with E-state index in [1.807, 2.05) is 13.0 Å². The van der Waals surface area contributed by atoms with E-state index in [-0.39, 0.29) is 11.2 Å². The Labute approximate surface area is 180 Å². The molecule has 0 aliphatic heterocycles. The van der Waals surface area contributed by atoms with Crippen LogP contribution >= 0.6 is 0 Å². The predicted molar refractivity (Wildman–Crippen MR) is 118 cm³/mol. The number of amides is 1. The first-order valence-corrected chi connectivity index (χ1v) is 11.0. The van der Waals surface area contributed by atoms with Gasteiger partial charge in [-0.1, -0.05) is 26.2 Å². The van der Waals surface area contributed by atoms with E-state index in [0.717, 1.165) is 55.1 Å². The number of nitrogens with one attached hydrogen (secondary N) is 1. The minimum atomic E-state index is -0.741. The number of aromatic nitrogens is 4. The largest absolute Gasteiger partial charge is 0.503 e. The standard InChI is InChI=1S/C23H29N5O3/c1-3-4-11-25-22(31)19-20(30)18(29)14-27(26-19)15-23(9-5-6-10-23)28-13-16(2)17-8-7-12-24-21(17)28/h7-8,12-14,29H,3-6,9-11,15H2,1-2H3,(H,25,31). The van der Waals surface area contributed by atoms with E-state index in [2.05, 4.69) is 39.2 Å². The molecule has 3 aromatic heterocycles. The molecular formula is C23H29N5O3. The van der Waals surface area contributed by atoms with E-state index in [1.54, 1.807) is 10.9 Å². The van der Waals surface area contributed by atoms with Gasteiger partial charge in [-0.05, 0) is 43.9 Å². The van der Waals surface area contributed by atoms with Gasteiger partial charge in [0.1, 0.15) is 5.65 Å². The molecule has 3 heterocycles. The van der Waals surface area contributed by atoms with Gasteiger partial charge in [0.25, 0.3) is 11.3 Å². The minimum Gasteiger partial charge on any atom is -0.503 e. The number of hydrogen-bond donors (Lipinski definition) is 2. The molecule has 1 aliphatic carbocycles. The molecule has 0 bridgehead atoms. The number of nitrogens with zero attached hydrogens (tertiary/aromatic N) is 4. The summed E-state index contributed by atoms with van der Waals surface area (Å²) < 4.78 is 3.77. The zero-order valence-electron chi connectivity index (χ0n) is 18.1. The molecular weight excluding hydrogens is 394 g/mol. The molecule has 4 rings (SSSR count). The summed E-state index contributed by atoms with van der Waals surface area (Å²) in [5.74, 6) is -1.01. The van der Waals surface area contributed by atoms with Gasteiger partial charge in [-0.3, -0.25) is 14.3 Å². The number of pyridine rings is 1. The second kappa shape index (κ2) is 8.53. The van der Waals surface area contributed by atoms with Gasteiger partial charge in [0.15, 0.2) is 11.4 Å². The average molecular weight is 424 g/mol. The third-order valence-electron chi connectivity index (χ3n) is 6.24. The van der Waals surface area contributed by atoms with Crippen LogP contribution in [0.3, 0.4) is 0 Å². The number of aromatic hydroxyl groups is 1. The molecule has 31 heavy (non-hydrogen) atoms. The van der Waals surface area contributed by atoms with Crippen molar-refractivity contribution in [1.82, 2.24) is 24.6 Å². The third kappa shape index (κ3) is 3.94. The monoisotopic (exact) mass is 423 g/mol. The Bertz CT molecular complexity index is 1160. The van der Waals surface area contributed by atoms with Crippen LogP contribution in [0.2, 0.25) is 0 Å². The highest BCUT2D eigenvalue weighted by atomic mass is 16.3. The van der Waals surface area contributed by atoms with Crippen molar-refractivity contribution in [1.29, 1.82) is 0 Å². The maximum Gasteiger partial charge on any atom is 0.275 e. The summed E-state index contributed by atoms with van der Waals surface area (Å²) in [6, 6.07) is 4.00. The summed E-state index contributed by atoms with van der Waals surface area (Å²) in [4.78, 5) is 29.5. The summed E-state index contributed by atoms with van der Waals surface area (Å²) in [6.07, 6.45) is 11.0. The Kier molecular flexibility index (Phi) is 5.80. The molecule has 0 saturated heterocycles.